The van der Waals surface area contributed by atoms with Crippen LogP contribution in [-0.2, 0) is 9.53 Å². The van der Waals surface area contributed by atoms with E-state index in [-0.39, 0.29) is 34.6 Å². The molecule has 3 saturated heterocycles. The lowest BCUT2D eigenvalue weighted by Crippen LogP contribution is -2.43. The summed E-state index contributed by atoms with van der Waals surface area (Å²) in [7, 11) is 1.41. The highest BCUT2D eigenvalue weighted by atomic mass is 19.1. The summed E-state index contributed by atoms with van der Waals surface area (Å²) in [6.07, 6.45) is 8.01. The average molecular weight is 588 g/mol. The second-order valence-corrected chi connectivity index (χ2v) is 12.0. The maximum atomic E-state index is 16.6. The third-order valence-corrected chi connectivity index (χ3v) is 9.60. The van der Waals surface area contributed by atoms with Crippen LogP contribution in [0.3, 0.4) is 0 Å². The van der Waals surface area contributed by atoms with Crippen molar-refractivity contribution in [2.24, 2.45) is 5.92 Å². The Kier molecular flexibility index (Phi) is 7.33. The summed E-state index contributed by atoms with van der Waals surface area (Å²) in [4.78, 5) is 30.8. The minimum atomic E-state index is -0.648. The summed E-state index contributed by atoms with van der Waals surface area (Å²) in [5.74, 6) is -0.972. The SMILES string of the molecule is COC(=O)C1CCCN(c2nc(OCC34CCCN3CCC4)nc3c(F)c(-c4cccc5cccc(F)c45)ncc23)CC1. The number of hydrogen-bond donors (Lipinski definition) is 0. The van der Waals surface area contributed by atoms with Crippen LogP contribution in [-0.4, -0.2) is 71.3 Å². The average Bonchev–Trinajstić information content (AvgIpc) is 3.51. The number of fused-ring (bicyclic) bond motifs is 3. The Morgan fingerprint density at radius 1 is 1.00 bits per heavy atom. The van der Waals surface area contributed by atoms with Crippen LogP contribution in [0, 0.1) is 17.6 Å². The maximum absolute atomic E-state index is 16.6. The topological polar surface area (TPSA) is 80.7 Å². The van der Waals surface area contributed by atoms with Crippen LogP contribution in [0.4, 0.5) is 14.6 Å². The van der Waals surface area contributed by atoms with Crippen LogP contribution in [0.25, 0.3) is 32.9 Å². The predicted molar refractivity (Wildman–Crippen MR) is 160 cm³/mol. The third-order valence-electron chi connectivity index (χ3n) is 9.60. The smallest absolute Gasteiger partial charge is 0.319 e. The van der Waals surface area contributed by atoms with Crippen molar-refractivity contribution < 1.29 is 23.0 Å². The fourth-order valence-corrected chi connectivity index (χ4v) is 7.38. The minimum absolute atomic E-state index is 0.0248. The summed E-state index contributed by atoms with van der Waals surface area (Å²) in [6, 6.07) is 10.2. The molecule has 7 rings (SSSR count). The number of methoxy groups -OCH3 is 1. The molecule has 43 heavy (non-hydrogen) atoms. The van der Waals surface area contributed by atoms with Gasteiger partial charge in [0, 0.05) is 30.2 Å². The molecule has 0 spiro atoms. The second kappa shape index (κ2) is 11.3. The highest BCUT2D eigenvalue weighted by Crippen LogP contribution is 2.40. The van der Waals surface area contributed by atoms with E-state index in [1.807, 2.05) is 0 Å². The van der Waals surface area contributed by atoms with E-state index in [0.717, 1.165) is 45.2 Å². The standard InChI is InChI=1S/C33H35F2N5O3/c1-42-31(41)22-9-4-15-39(18-12-22)30-24-19-36-28(23-10-2-7-21-8-3-11-25(34)26(21)23)27(35)29(24)37-32(38-30)43-20-33-13-5-16-40(33)17-6-14-33/h2-3,7-8,10-11,19,22H,4-6,9,12-18,20H2,1H3. The highest BCUT2D eigenvalue weighted by molar-refractivity contribution is 5.99. The Hall–Kier alpha value is -3.92. The summed E-state index contributed by atoms with van der Waals surface area (Å²) in [5.41, 5.74) is 0.438. The van der Waals surface area contributed by atoms with Gasteiger partial charge < -0.3 is 14.4 Å². The maximum Gasteiger partial charge on any atom is 0.319 e. The van der Waals surface area contributed by atoms with Gasteiger partial charge in [-0.3, -0.25) is 14.7 Å². The van der Waals surface area contributed by atoms with Gasteiger partial charge in [0.1, 0.15) is 29.5 Å². The van der Waals surface area contributed by atoms with Crippen LogP contribution in [0.15, 0.2) is 42.6 Å². The number of ether oxygens (including phenoxy) is 2. The molecule has 5 heterocycles. The number of benzene rings is 2. The molecule has 224 valence electrons. The Labute approximate surface area is 249 Å². The van der Waals surface area contributed by atoms with Gasteiger partial charge in [0.15, 0.2) is 5.82 Å². The largest absolute Gasteiger partial charge is 0.469 e. The molecule has 0 N–H and O–H groups in total. The predicted octanol–water partition coefficient (Wildman–Crippen LogP) is 5.91. The molecule has 0 amide bonds. The van der Waals surface area contributed by atoms with Crippen molar-refractivity contribution in [1.82, 2.24) is 19.9 Å². The molecule has 1 atom stereocenters. The second-order valence-electron chi connectivity index (χ2n) is 12.0. The van der Waals surface area contributed by atoms with Gasteiger partial charge in [-0.1, -0.05) is 30.3 Å². The van der Waals surface area contributed by atoms with E-state index in [9.17, 15) is 4.79 Å². The van der Waals surface area contributed by atoms with Gasteiger partial charge in [-0.25, -0.2) is 8.78 Å². The van der Waals surface area contributed by atoms with Gasteiger partial charge in [-0.15, -0.1) is 0 Å². The van der Waals surface area contributed by atoms with Crippen molar-refractivity contribution in [3.8, 4) is 17.3 Å². The van der Waals surface area contributed by atoms with E-state index in [4.69, 9.17) is 14.5 Å². The molecule has 10 heteroatoms. The van der Waals surface area contributed by atoms with Crippen LogP contribution in [0.2, 0.25) is 0 Å². The molecule has 4 aromatic rings. The Morgan fingerprint density at radius 2 is 1.79 bits per heavy atom. The fraction of sp³-hybridized carbons (Fsp3) is 0.455. The first-order valence-electron chi connectivity index (χ1n) is 15.2. The molecular formula is C33H35F2N5O3. The lowest BCUT2D eigenvalue weighted by Gasteiger charge is -2.31. The van der Waals surface area contributed by atoms with Gasteiger partial charge in [-0.05, 0) is 69.5 Å². The van der Waals surface area contributed by atoms with Crippen molar-refractivity contribution in [2.75, 3.05) is 44.8 Å². The zero-order valence-electron chi connectivity index (χ0n) is 24.3. The minimum Gasteiger partial charge on any atom is -0.469 e. The number of nitrogens with zero attached hydrogens (tertiary/aromatic N) is 5. The molecular weight excluding hydrogens is 552 g/mol. The first-order chi connectivity index (χ1) is 21.0. The molecule has 8 nitrogen and oxygen atoms in total. The number of carbonyl (C=O) groups excluding carboxylic acids is 1. The molecule has 0 aliphatic carbocycles. The van der Waals surface area contributed by atoms with Gasteiger partial charge in [-0.2, -0.15) is 9.97 Å². The Morgan fingerprint density at radius 3 is 2.58 bits per heavy atom. The zero-order valence-corrected chi connectivity index (χ0v) is 24.3. The summed E-state index contributed by atoms with van der Waals surface area (Å²) in [5, 5.41) is 1.42. The molecule has 1 unspecified atom stereocenters. The van der Waals surface area contributed by atoms with E-state index >= 15 is 8.78 Å². The summed E-state index contributed by atoms with van der Waals surface area (Å²) in [6.45, 7) is 3.74. The van der Waals surface area contributed by atoms with Crippen molar-refractivity contribution in [1.29, 1.82) is 0 Å². The van der Waals surface area contributed by atoms with E-state index in [0.29, 0.717) is 60.1 Å². The first-order valence-corrected chi connectivity index (χ1v) is 15.2. The monoisotopic (exact) mass is 587 g/mol. The molecule has 0 saturated carbocycles. The highest BCUT2D eigenvalue weighted by Gasteiger charge is 2.45. The third kappa shape index (κ3) is 4.95. The number of halogens is 2. The van der Waals surface area contributed by atoms with Crippen LogP contribution in [0.1, 0.15) is 44.9 Å². The number of carbonyl (C=O) groups is 1. The molecule has 2 aromatic heterocycles. The molecule has 0 bridgehead atoms. The van der Waals surface area contributed by atoms with Crippen LogP contribution in [0.5, 0.6) is 6.01 Å². The van der Waals surface area contributed by atoms with Crippen LogP contribution >= 0.6 is 0 Å². The first kappa shape index (κ1) is 27.9. The number of hydrogen-bond acceptors (Lipinski definition) is 8. The van der Waals surface area contributed by atoms with Gasteiger partial charge >= 0.3 is 12.0 Å². The lowest BCUT2D eigenvalue weighted by molar-refractivity contribution is -0.145. The summed E-state index contributed by atoms with van der Waals surface area (Å²) >= 11 is 0. The molecule has 3 aliphatic rings. The van der Waals surface area contributed by atoms with Gasteiger partial charge in [0.25, 0.3) is 0 Å². The van der Waals surface area contributed by atoms with Crippen LogP contribution < -0.4 is 9.64 Å². The normalized spacial score (nSPS) is 20.3. The quantitative estimate of drug-likeness (QED) is 0.258. The van der Waals surface area contributed by atoms with E-state index in [1.165, 1.54) is 13.2 Å². The Bertz CT molecular complexity index is 1680. The van der Waals surface area contributed by atoms with Crippen molar-refractivity contribution in [3.63, 3.8) is 0 Å². The van der Waals surface area contributed by atoms with E-state index < -0.39 is 11.6 Å². The molecule has 3 fully saturated rings. The van der Waals surface area contributed by atoms with Gasteiger partial charge in [0.2, 0.25) is 0 Å². The van der Waals surface area contributed by atoms with E-state index in [1.54, 1.807) is 36.5 Å². The molecule has 0 radical (unpaired) electrons. The lowest BCUT2D eigenvalue weighted by atomic mass is 9.95. The van der Waals surface area contributed by atoms with Crippen molar-refractivity contribution in [3.05, 3.63) is 54.2 Å². The number of aromatic nitrogens is 3. The van der Waals surface area contributed by atoms with Gasteiger partial charge in [0.05, 0.1) is 24.0 Å². The number of anilines is 1. The number of esters is 1. The zero-order chi connectivity index (χ0) is 29.6. The molecule has 3 aliphatic heterocycles. The van der Waals surface area contributed by atoms with Crippen molar-refractivity contribution in [2.45, 2.75) is 50.5 Å². The Balaban J connectivity index is 1.32. The summed E-state index contributed by atoms with van der Waals surface area (Å²) < 4.78 is 42.9. The number of pyridine rings is 1. The fourth-order valence-electron chi connectivity index (χ4n) is 7.38. The van der Waals surface area contributed by atoms with Crippen molar-refractivity contribution >= 4 is 33.5 Å². The molecule has 2 aromatic carbocycles. The number of rotatable bonds is 6. The van der Waals surface area contributed by atoms with E-state index in [2.05, 4.69) is 19.8 Å².